The highest BCUT2D eigenvalue weighted by atomic mass is 16.6. The maximum Gasteiger partial charge on any atom is 0.408 e. The fourth-order valence-electron chi connectivity index (χ4n) is 3.70. The normalized spacial score (nSPS) is 12.0. The molecule has 1 aromatic carbocycles. The summed E-state index contributed by atoms with van der Waals surface area (Å²) in [5.74, 6) is -0.664. The second kappa shape index (κ2) is 16.0. The van der Waals surface area contributed by atoms with Crippen molar-refractivity contribution < 1.29 is 24.2 Å². The van der Waals surface area contributed by atoms with Gasteiger partial charge in [0.2, 0.25) is 11.8 Å². The first-order chi connectivity index (χ1) is 16.6. The second-order valence-electron chi connectivity index (χ2n) is 9.85. The van der Waals surface area contributed by atoms with E-state index in [1.165, 1.54) is 17.0 Å². The lowest BCUT2D eigenvalue weighted by atomic mass is 10.0. The molecule has 0 saturated heterocycles. The molecule has 0 aliphatic heterocycles. The zero-order valence-corrected chi connectivity index (χ0v) is 22.2. The average molecular weight is 492 g/mol. The van der Waals surface area contributed by atoms with Crippen LogP contribution < -0.4 is 10.6 Å². The summed E-state index contributed by atoms with van der Waals surface area (Å²) in [5.41, 5.74) is -0.161. The Bertz CT molecular complexity index is 791. The monoisotopic (exact) mass is 491 g/mol. The molecule has 0 bridgehead atoms. The molecule has 35 heavy (non-hydrogen) atoms. The predicted octanol–water partition coefficient (Wildman–Crippen LogP) is 5.06. The van der Waals surface area contributed by atoms with E-state index in [1.807, 2.05) is 0 Å². The van der Waals surface area contributed by atoms with Crippen molar-refractivity contribution in [3.8, 4) is 5.75 Å². The Morgan fingerprint density at radius 3 is 2.26 bits per heavy atom. The van der Waals surface area contributed by atoms with Crippen molar-refractivity contribution in [1.29, 1.82) is 0 Å². The summed E-state index contributed by atoms with van der Waals surface area (Å²) in [6.45, 7) is 10.1. The van der Waals surface area contributed by atoms with Crippen molar-refractivity contribution in [2.24, 2.45) is 0 Å². The van der Waals surface area contributed by atoms with E-state index in [9.17, 15) is 19.5 Å². The molecule has 0 aliphatic rings. The molecule has 0 aromatic heterocycles. The fraction of sp³-hybridized carbons (Fsp3) is 0.667. The van der Waals surface area contributed by atoms with Gasteiger partial charge in [-0.3, -0.25) is 9.59 Å². The van der Waals surface area contributed by atoms with Gasteiger partial charge in [-0.15, -0.1) is 0 Å². The molecule has 0 fully saturated rings. The summed E-state index contributed by atoms with van der Waals surface area (Å²) in [5, 5.41) is 15.5. The Kier molecular flexibility index (Phi) is 13.8. The number of carbonyl (C=O) groups excluding carboxylic acids is 3. The molecular weight excluding hydrogens is 446 g/mol. The van der Waals surface area contributed by atoms with Crippen LogP contribution in [0.2, 0.25) is 0 Å². The smallest absolute Gasteiger partial charge is 0.408 e. The number of phenols is 1. The number of nitrogens with one attached hydrogen (secondary N) is 2. The van der Waals surface area contributed by atoms with Gasteiger partial charge in [-0.1, -0.05) is 64.5 Å². The van der Waals surface area contributed by atoms with Crippen molar-refractivity contribution in [3.63, 3.8) is 0 Å². The summed E-state index contributed by atoms with van der Waals surface area (Å²) >= 11 is 0. The van der Waals surface area contributed by atoms with E-state index in [0.29, 0.717) is 18.7 Å². The third-order valence-electron chi connectivity index (χ3n) is 5.43. The highest BCUT2D eigenvalue weighted by Crippen LogP contribution is 2.25. The van der Waals surface area contributed by atoms with Crippen LogP contribution in [0.4, 0.5) is 4.79 Å². The maximum atomic E-state index is 13.3. The number of carbonyl (C=O) groups is 3. The predicted molar refractivity (Wildman–Crippen MR) is 138 cm³/mol. The molecule has 3 amide bonds. The topological polar surface area (TPSA) is 108 Å². The van der Waals surface area contributed by atoms with Crippen LogP contribution in [0, 0.1) is 0 Å². The van der Waals surface area contributed by atoms with Gasteiger partial charge < -0.3 is 25.4 Å². The summed E-state index contributed by atoms with van der Waals surface area (Å²) in [6.07, 6.45) is 7.12. The van der Waals surface area contributed by atoms with Crippen LogP contribution in [-0.4, -0.2) is 53.1 Å². The lowest BCUT2D eigenvalue weighted by Crippen LogP contribution is -2.48. The van der Waals surface area contributed by atoms with Crippen molar-refractivity contribution in [2.75, 3.05) is 19.6 Å². The van der Waals surface area contributed by atoms with Crippen LogP contribution in [-0.2, 0) is 14.3 Å². The van der Waals surface area contributed by atoms with Crippen molar-refractivity contribution in [3.05, 3.63) is 29.8 Å². The number of amides is 3. The first kappa shape index (κ1) is 30.3. The molecule has 8 nitrogen and oxygen atoms in total. The number of hydrogen-bond donors (Lipinski definition) is 3. The van der Waals surface area contributed by atoms with Gasteiger partial charge in [-0.05, 0) is 51.3 Å². The summed E-state index contributed by atoms with van der Waals surface area (Å²) in [7, 11) is 0. The molecule has 1 unspecified atom stereocenters. The minimum absolute atomic E-state index is 0.0218. The molecule has 0 radical (unpaired) electrons. The molecule has 0 spiro atoms. The number of hydrogen-bond acceptors (Lipinski definition) is 5. The van der Waals surface area contributed by atoms with Gasteiger partial charge in [-0.25, -0.2) is 4.79 Å². The minimum atomic E-state index is -0.914. The first-order valence-corrected chi connectivity index (χ1v) is 12.9. The fourth-order valence-corrected chi connectivity index (χ4v) is 3.70. The molecule has 0 saturated carbocycles. The summed E-state index contributed by atoms with van der Waals surface area (Å²) in [6, 6.07) is 5.51. The molecule has 1 atom stereocenters. The van der Waals surface area contributed by atoms with Crippen LogP contribution in [0.5, 0.6) is 5.75 Å². The molecular formula is C27H45N3O5. The van der Waals surface area contributed by atoms with Crippen LogP contribution in [0.1, 0.15) is 97.6 Å². The first-order valence-electron chi connectivity index (χ1n) is 12.9. The van der Waals surface area contributed by atoms with Gasteiger partial charge in [0.25, 0.3) is 0 Å². The number of ether oxygens (including phenoxy) is 1. The standard InChI is InChI=1S/C27H45N3O5/c1-6-8-10-11-13-18-30(23(32)20-29-26(34)35-27(3,4)5)24(21-15-14-16-22(31)19-21)25(33)28-17-12-9-7-2/h14-16,19,24,31H,6-13,17-18,20H2,1-5H3,(H,28,33)(H,29,34). The summed E-state index contributed by atoms with van der Waals surface area (Å²) < 4.78 is 5.24. The Morgan fingerprint density at radius 2 is 1.63 bits per heavy atom. The van der Waals surface area contributed by atoms with E-state index in [0.717, 1.165) is 51.4 Å². The van der Waals surface area contributed by atoms with Gasteiger partial charge in [0.1, 0.15) is 23.9 Å². The molecule has 198 valence electrons. The largest absolute Gasteiger partial charge is 0.508 e. The third-order valence-corrected chi connectivity index (χ3v) is 5.43. The molecule has 0 aliphatic carbocycles. The summed E-state index contributed by atoms with van der Waals surface area (Å²) in [4.78, 5) is 40.3. The van der Waals surface area contributed by atoms with Crippen LogP contribution in [0.3, 0.4) is 0 Å². The molecule has 1 rings (SSSR count). The number of alkyl carbamates (subject to hydrolysis) is 1. The number of phenolic OH excluding ortho intramolecular Hbond substituents is 1. The lowest BCUT2D eigenvalue weighted by molar-refractivity contribution is -0.140. The van der Waals surface area contributed by atoms with Gasteiger partial charge >= 0.3 is 6.09 Å². The van der Waals surface area contributed by atoms with E-state index in [1.54, 1.807) is 32.9 Å². The Labute approximate surface area is 210 Å². The third kappa shape index (κ3) is 12.5. The minimum Gasteiger partial charge on any atom is -0.508 e. The molecule has 3 N–H and O–H groups in total. The van der Waals surface area contributed by atoms with Crippen molar-refractivity contribution in [2.45, 2.75) is 97.6 Å². The van der Waals surface area contributed by atoms with E-state index in [-0.39, 0.29) is 24.1 Å². The Morgan fingerprint density at radius 1 is 0.971 bits per heavy atom. The zero-order valence-electron chi connectivity index (χ0n) is 22.2. The zero-order chi connectivity index (χ0) is 26.3. The van der Waals surface area contributed by atoms with E-state index in [2.05, 4.69) is 24.5 Å². The van der Waals surface area contributed by atoms with Gasteiger partial charge in [0, 0.05) is 13.1 Å². The van der Waals surface area contributed by atoms with Crippen LogP contribution in [0.15, 0.2) is 24.3 Å². The average Bonchev–Trinajstić information content (AvgIpc) is 2.78. The number of benzene rings is 1. The van der Waals surface area contributed by atoms with Crippen LogP contribution in [0.25, 0.3) is 0 Å². The highest BCUT2D eigenvalue weighted by molar-refractivity contribution is 5.90. The van der Waals surface area contributed by atoms with E-state index < -0.39 is 17.7 Å². The van der Waals surface area contributed by atoms with E-state index >= 15 is 0 Å². The van der Waals surface area contributed by atoms with Crippen molar-refractivity contribution in [1.82, 2.24) is 15.5 Å². The lowest BCUT2D eigenvalue weighted by Gasteiger charge is -2.32. The number of nitrogens with zero attached hydrogens (tertiary/aromatic N) is 1. The van der Waals surface area contributed by atoms with E-state index in [4.69, 9.17) is 4.74 Å². The Balaban J connectivity index is 3.11. The quantitative estimate of drug-likeness (QED) is 0.297. The number of aromatic hydroxyl groups is 1. The maximum absolute atomic E-state index is 13.3. The van der Waals surface area contributed by atoms with Crippen molar-refractivity contribution >= 4 is 17.9 Å². The van der Waals surface area contributed by atoms with Gasteiger partial charge in [0.15, 0.2) is 0 Å². The number of unbranched alkanes of at least 4 members (excludes halogenated alkanes) is 6. The molecule has 1 aromatic rings. The van der Waals surface area contributed by atoms with Gasteiger partial charge in [0.05, 0.1) is 0 Å². The van der Waals surface area contributed by atoms with Crippen LogP contribution >= 0.6 is 0 Å². The van der Waals surface area contributed by atoms with Gasteiger partial charge in [-0.2, -0.15) is 0 Å². The Hall–Kier alpha value is -2.77. The second-order valence-corrected chi connectivity index (χ2v) is 9.85. The SMILES string of the molecule is CCCCCCCN(C(=O)CNC(=O)OC(C)(C)C)C(C(=O)NCCCCC)c1cccc(O)c1. The highest BCUT2D eigenvalue weighted by Gasteiger charge is 2.31. The molecule has 0 heterocycles. The molecule has 8 heteroatoms. The number of rotatable bonds is 15.